The lowest BCUT2D eigenvalue weighted by Gasteiger charge is -2.23. The van der Waals surface area contributed by atoms with Crippen LogP contribution in [0.5, 0.6) is 11.5 Å². The molecule has 2 aliphatic rings. The number of imidazole rings is 1. The summed E-state index contributed by atoms with van der Waals surface area (Å²) < 4.78 is 13.4. The minimum atomic E-state index is 0.502. The van der Waals surface area contributed by atoms with Gasteiger partial charge in [-0.15, -0.1) is 0 Å². The number of nitrogens with zero attached hydrogens (tertiary/aromatic N) is 2. The Hall–Kier alpha value is -2.01. The Bertz CT molecular complexity index is 627. The highest BCUT2D eigenvalue weighted by Crippen LogP contribution is 2.32. The van der Waals surface area contributed by atoms with Gasteiger partial charge in [0, 0.05) is 31.0 Å². The Morgan fingerprint density at radius 2 is 2.09 bits per heavy atom. The molecule has 0 bridgehead atoms. The zero-order valence-corrected chi connectivity index (χ0v) is 12.6. The van der Waals surface area contributed by atoms with Crippen molar-refractivity contribution in [2.24, 2.45) is 0 Å². The molecule has 2 aromatic rings. The smallest absolute Gasteiger partial charge is 0.161 e. The Morgan fingerprint density at radius 1 is 1.18 bits per heavy atom. The first-order valence-corrected chi connectivity index (χ1v) is 7.99. The zero-order chi connectivity index (χ0) is 14.8. The van der Waals surface area contributed by atoms with E-state index in [0.717, 1.165) is 18.0 Å². The SMILES string of the molecule is c1cn(C2CCCC2NCc2ccc3c(c2)OCCO3)cn1. The summed E-state index contributed by atoms with van der Waals surface area (Å²) in [6, 6.07) is 7.22. The maximum atomic E-state index is 5.65. The number of hydrogen-bond acceptors (Lipinski definition) is 4. The molecule has 0 radical (unpaired) electrons. The summed E-state index contributed by atoms with van der Waals surface area (Å²) in [7, 11) is 0. The van der Waals surface area contributed by atoms with Gasteiger partial charge in [-0.25, -0.2) is 4.98 Å². The second-order valence-electron chi connectivity index (χ2n) is 5.97. The third-order valence-corrected chi connectivity index (χ3v) is 4.56. The van der Waals surface area contributed by atoms with Gasteiger partial charge in [-0.3, -0.25) is 0 Å². The molecule has 1 fully saturated rings. The summed E-state index contributed by atoms with van der Waals surface area (Å²) in [6.45, 7) is 2.13. The van der Waals surface area contributed by atoms with E-state index in [1.165, 1.54) is 24.8 Å². The molecule has 22 heavy (non-hydrogen) atoms. The van der Waals surface area contributed by atoms with E-state index in [2.05, 4.69) is 33.2 Å². The van der Waals surface area contributed by atoms with Gasteiger partial charge in [0.05, 0.1) is 6.33 Å². The average molecular weight is 299 g/mol. The summed E-state index contributed by atoms with van der Waals surface area (Å²) in [4.78, 5) is 4.17. The molecule has 2 heterocycles. The van der Waals surface area contributed by atoms with Crippen molar-refractivity contribution < 1.29 is 9.47 Å². The second kappa shape index (κ2) is 6.01. The van der Waals surface area contributed by atoms with Crippen molar-refractivity contribution in [3.8, 4) is 11.5 Å². The van der Waals surface area contributed by atoms with Gasteiger partial charge in [-0.2, -0.15) is 0 Å². The Balaban J connectivity index is 1.42. The fourth-order valence-corrected chi connectivity index (χ4v) is 3.45. The van der Waals surface area contributed by atoms with Crippen LogP contribution in [0.4, 0.5) is 0 Å². The van der Waals surface area contributed by atoms with Gasteiger partial charge in [-0.1, -0.05) is 6.07 Å². The number of rotatable bonds is 4. The third kappa shape index (κ3) is 2.68. The van der Waals surface area contributed by atoms with E-state index in [-0.39, 0.29) is 0 Å². The molecule has 116 valence electrons. The monoisotopic (exact) mass is 299 g/mol. The zero-order valence-electron chi connectivity index (χ0n) is 12.6. The van der Waals surface area contributed by atoms with Crippen LogP contribution in [0.2, 0.25) is 0 Å². The van der Waals surface area contributed by atoms with E-state index >= 15 is 0 Å². The first-order valence-electron chi connectivity index (χ1n) is 7.99. The highest BCUT2D eigenvalue weighted by atomic mass is 16.6. The molecule has 0 amide bonds. The van der Waals surface area contributed by atoms with Gasteiger partial charge >= 0.3 is 0 Å². The highest BCUT2D eigenvalue weighted by Gasteiger charge is 2.27. The van der Waals surface area contributed by atoms with Crippen LogP contribution in [-0.2, 0) is 6.54 Å². The first-order chi connectivity index (χ1) is 10.9. The topological polar surface area (TPSA) is 48.3 Å². The normalized spacial score (nSPS) is 23.6. The molecule has 0 saturated heterocycles. The van der Waals surface area contributed by atoms with Gasteiger partial charge in [0.1, 0.15) is 13.2 Å². The summed E-state index contributed by atoms with van der Waals surface area (Å²) in [6.07, 6.45) is 9.55. The number of fused-ring (bicyclic) bond motifs is 1. The van der Waals surface area contributed by atoms with E-state index in [9.17, 15) is 0 Å². The molecule has 1 saturated carbocycles. The molecular weight excluding hydrogens is 278 g/mol. The van der Waals surface area contributed by atoms with E-state index in [1.807, 2.05) is 18.6 Å². The number of benzene rings is 1. The predicted octanol–water partition coefficient (Wildman–Crippen LogP) is 2.54. The van der Waals surface area contributed by atoms with Crippen LogP contribution in [0.3, 0.4) is 0 Å². The second-order valence-corrected chi connectivity index (χ2v) is 5.97. The van der Waals surface area contributed by atoms with E-state index in [4.69, 9.17) is 9.47 Å². The molecule has 5 nitrogen and oxygen atoms in total. The number of ether oxygens (including phenoxy) is 2. The lowest BCUT2D eigenvalue weighted by molar-refractivity contribution is 0.171. The maximum absolute atomic E-state index is 5.65. The maximum Gasteiger partial charge on any atom is 0.161 e. The van der Waals surface area contributed by atoms with Crippen molar-refractivity contribution >= 4 is 0 Å². The Labute approximate surface area is 130 Å². The van der Waals surface area contributed by atoms with E-state index in [0.29, 0.717) is 25.3 Å². The predicted molar refractivity (Wildman–Crippen MR) is 83.2 cm³/mol. The molecular formula is C17H21N3O2. The molecule has 4 rings (SSSR count). The van der Waals surface area contributed by atoms with Crippen molar-refractivity contribution in [2.45, 2.75) is 37.9 Å². The van der Waals surface area contributed by atoms with Gasteiger partial charge < -0.3 is 19.4 Å². The molecule has 1 aliphatic heterocycles. The highest BCUT2D eigenvalue weighted by molar-refractivity contribution is 5.43. The van der Waals surface area contributed by atoms with Crippen LogP contribution in [0.25, 0.3) is 0 Å². The summed E-state index contributed by atoms with van der Waals surface area (Å²) >= 11 is 0. The van der Waals surface area contributed by atoms with Crippen molar-refractivity contribution in [3.05, 3.63) is 42.5 Å². The van der Waals surface area contributed by atoms with Gasteiger partial charge in [0.15, 0.2) is 11.5 Å². The third-order valence-electron chi connectivity index (χ3n) is 4.56. The minimum absolute atomic E-state index is 0.502. The van der Waals surface area contributed by atoms with Crippen LogP contribution < -0.4 is 14.8 Å². The van der Waals surface area contributed by atoms with Gasteiger partial charge in [0.25, 0.3) is 0 Å². The van der Waals surface area contributed by atoms with Crippen LogP contribution in [0.1, 0.15) is 30.9 Å². The summed E-state index contributed by atoms with van der Waals surface area (Å²) in [5, 5.41) is 3.70. The number of aromatic nitrogens is 2. The Kier molecular flexibility index (Phi) is 3.72. The largest absolute Gasteiger partial charge is 0.486 e. The van der Waals surface area contributed by atoms with E-state index < -0.39 is 0 Å². The molecule has 1 N–H and O–H groups in total. The average Bonchev–Trinajstić information content (AvgIpc) is 3.23. The lowest BCUT2D eigenvalue weighted by atomic mass is 10.1. The molecule has 0 spiro atoms. The van der Waals surface area contributed by atoms with Crippen molar-refractivity contribution in [2.75, 3.05) is 13.2 Å². The van der Waals surface area contributed by atoms with Crippen LogP contribution >= 0.6 is 0 Å². The fraction of sp³-hybridized carbons (Fsp3) is 0.471. The van der Waals surface area contributed by atoms with E-state index in [1.54, 1.807) is 0 Å². The van der Waals surface area contributed by atoms with Crippen molar-refractivity contribution in [1.82, 2.24) is 14.9 Å². The molecule has 2 unspecified atom stereocenters. The van der Waals surface area contributed by atoms with Gasteiger partial charge in [0.2, 0.25) is 0 Å². The van der Waals surface area contributed by atoms with Crippen LogP contribution in [0.15, 0.2) is 36.9 Å². The molecule has 1 aromatic carbocycles. The fourth-order valence-electron chi connectivity index (χ4n) is 3.45. The first kappa shape index (κ1) is 13.6. The number of hydrogen-bond donors (Lipinski definition) is 1. The molecule has 5 heteroatoms. The molecule has 1 aromatic heterocycles. The molecule has 1 aliphatic carbocycles. The summed E-state index contributed by atoms with van der Waals surface area (Å²) in [5.41, 5.74) is 1.24. The summed E-state index contributed by atoms with van der Waals surface area (Å²) in [5.74, 6) is 1.72. The lowest BCUT2D eigenvalue weighted by Crippen LogP contribution is -2.33. The van der Waals surface area contributed by atoms with Gasteiger partial charge in [-0.05, 0) is 37.0 Å². The quantitative estimate of drug-likeness (QED) is 0.942. The standard InChI is InChI=1S/C17H21N3O2/c1-2-14(15(3-1)20-7-6-18-12-20)19-11-13-4-5-16-17(10-13)22-9-8-21-16/h4-7,10,12,14-15,19H,1-3,8-9,11H2. The minimum Gasteiger partial charge on any atom is -0.486 e. The Morgan fingerprint density at radius 3 is 2.95 bits per heavy atom. The number of nitrogens with one attached hydrogen (secondary N) is 1. The van der Waals surface area contributed by atoms with Crippen LogP contribution in [-0.4, -0.2) is 28.8 Å². The van der Waals surface area contributed by atoms with Crippen molar-refractivity contribution in [1.29, 1.82) is 0 Å². The van der Waals surface area contributed by atoms with Crippen LogP contribution in [0, 0.1) is 0 Å². The molecule has 2 atom stereocenters. The van der Waals surface area contributed by atoms with Crippen molar-refractivity contribution in [3.63, 3.8) is 0 Å².